The molecule has 0 saturated carbocycles. The summed E-state index contributed by atoms with van der Waals surface area (Å²) in [5.74, 6) is -0.454. The van der Waals surface area contributed by atoms with Gasteiger partial charge in [0.05, 0.1) is 11.8 Å². The first-order valence-electron chi connectivity index (χ1n) is 4.14. The molecule has 78 valence electrons. The second-order valence-corrected chi connectivity index (χ2v) is 4.30. The Morgan fingerprint density at radius 3 is 2.93 bits per heavy atom. The van der Waals surface area contributed by atoms with Gasteiger partial charge in [0, 0.05) is 5.69 Å². The van der Waals surface area contributed by atoms with Crippen LogP contribution in [-0.2, 0) is 4.74 Å². The molecule has 0 radical (unpaired) electrons. The molecule has 2 aromatic rings. The summed E-state index contributed by atoms with van der Waals surface area (Å²) < 4.78 is 5.42. The summed E-state index contributed by atoms with van der Waals surface area (Å²) in [5, 5.41) is 0.609. The van der Waals surface area contributed by atoms with E-state index in [1.807, 2.05) is 13.0 Å². The fourth-order valence-electron chi connectivity index (χ4n) is 1.18. The fourth-order valence-corrected chi connectivity index (χ4v) is 2.50. The van der Waals surface area contributed by atoms with Gasteiger partial charge in [-0.2, -0.15) is 0 Å². The SMILES string of the molecule is COC(=O)c1nc2c(Cl)nc(C)cc2s1. The molecule has 0 atom stereocenters. The van der Waals surface area contributed by atoms with Crippen LogP contribution in [0.15, 0.2) is 6.07 Å². The van der Waals surface area contributed by atoms with Crippen molar-refractivity contribution in [2.75, 3.05) is 7.11 Å². The number of rotatable bonds is 1. The van der Waals surface area contributed by atoms with Crippen molar-refractivity contribution in [1.82, 2.24) is 9.97 Å². The molecule has 0 N–H and O–H groups in total. The summed E-state index contributed by atoms with van der Waals surface area (Å²) in [6.45, 7) is 1.84. The molecule has 0 aliphatic heterocycles. The number of ether oxygens (including phenoxy) is 1. The van der Waals surface area contributed by atoms with E-state index in [1.54, 1.807) is 0 Å². The van der Waals surface area contributed by atoms with Crippen LogP contribution in [0.4, 0.5) is 0 Å². The monoisotopic (exact) mass is 242 g/mol. The zero-order valence-corrected chi connectivity index (χ0v) is 9.65. The number of thiazole rings is 1. The van der Waals surface area contributed by atoms with Crippen molar-refractivity contribution >= 4 is 39.1 Å². The van der Waals surface area contributed by atoms with Crippen LogP contribution in [0.2, 0.25) is 5.15 Å². The molecule has 4 nitrogen and oxygen atoms in total. The third-order valence-corrected chi connectivity index (χ3v) is 3.07. The molecule has 2 heterocycles. The third kappa shape index (κ3) is 1.80. The Kier molecular flexibility index (Phi) is 2.58. The predicted molar refractivity (Wildman–Crippen MR) is 58.5 cm³/mol. The van der Waals surface area contributed by atoms with Crippen molar-refractivity contribution in [2.24, 2.45) is 0 Å². The minimum Gasteiger partial charge on any atom is -0.464 e. The highest BCUT2D eigenvalue weighted by atomic mass is 35.5. The number of hydrogen-bond acceptors (Lipinski definition) is 5. The largest absolute Gasteiger partial charge is 0.464 e. The highest BCUT2D eigenvalue weighted by molar-refractivity contribution is 7.20. The first-order chi connectivity index (χ1) is 7.11. The van der Waals surface area contributed by atoms with Crippen LogP contribution in [0, 0.1) is 6.92 Å². The van der Waals surface area contributed by atoms with E-state index >= 15 is 0 Å². The molecular weight excluding hydrogens is 236 g/mol. The quantitative estimate of drug-likeness (QED) is 0.569. The zero-order chi connectivity index (χ0) is 11.0. The van der Waals surface area contributed by atoms with Gasteiger partial charge in [-0.15, -0.1) is 11.3 Å². The highest BCUT2D eigenvalue weighted by Gasteiger charge is 2.14. The Balaban J connectivity index is 2.65. The molecule has 0 spiro atoms. The lowest BCUT2D eigenvalue weighted by atomic mass is 10.4. The number of pyridine rings is 1. The molecule has 0 amide bonds. The number of carbonyl (C=O) groups excluding carboxylic acids is 1. The first kappa shape index (κ1) is 10.3. The van der Waals surface area contributed by atoms with Crippen LogP contribution in [0.25, 0.3) is 10.2 Å². The Morgan fingerprint density at radius 2 is 2.27 bits per heavy atom. The second kappa shape index (κ2) is 3.75. The standard InChI is InChI=1S/C9H7ClN2O2S/c1-4-3-5-6(7(10)11-4)12-8(15-5)9(13)14-2/h3H,1-2H3. The fraction of sp³-hybridized carbons (Fsp3) is 0.222. The molecule has 0 saturated heterocycles. The topological polar surface area (TPSA) is 52.1 Å². The number of aromatic nitrogens is 2. The number of carbonyl (C=O) groups is 1. The number of nitrogens with zero attached hydrogens (tertiary/aromatic N) is 2. The number of methoxy groups -OCH3 is 1. The maximum absolute atomic E-state index is 11.2. The summed E-state index contributed by atoms with van der Waals surface area (Å²) in [4.78, 5) is 19.4. The average Bonchev–Trinajstić information content (AvgIpc) is 2.60. The Hall–Kier alpha value is -1.20. The van der Waals surface area contributed by atoms with Gasteiger partial charge in [-0.3, -0.25) is 0 Å². The van der Waals surface area contributed by atoms with Gasteiger partial charge < -0.3 is 4.74 Å². The molecule has 0 unspecified atom stereocenters. The van der Waals surface area contributed by atoms with E-state index in [4.69, 9.17) is 11.6 Å². The lowest BCUT2D eigenvalue weighted by Crippen LogP contribution is -1.99. The van der Waals surface area contributed by atoms with Gasteiger partial charge in [-0.05, 0) is 13.0 Å². The van der Waals surface area contributed by atoms with Gasteiger partial charge in [0.15, 0.2) is 5.15 Å². The average molecular weight is 243 g/mol. The van der Waals surface area contributed by atoms with Crippen molar-refractivity contribution in [3.63, 3.8) is 0 Å². The minimum absolute atomic E-state index is 0.293. The molecule has 0 bridgehead atoms. The van der Waals surface area contributed by atoms with Crippen LogP contribution in [-0.4, -0.2) is 23.0 Å². The van der Waals surface area contributed by atoms with Crippen LogP contribution in [0.1, 0.15) is 15.5 Å². The number of hydrogen-bond donors (Lipinski definition) is 0. The molecule has 2 rings (SSSR count). The van der Waals surface area contributed by atoms with Crippen molar-refractivity contribution < 1.29 is 9.53 Å². The molecule has 0 aromatic carbocycles. The summed E-state index contributed by atoms with van der Waals surface area (Å²) in [7, 11) is 1.32. The normalized spacial score (nSPS) is 10.6. The number of fused-ring (bicyclic) bond motifs is 1. The van der Waals surface area contributed by atoms with Crippen molar-refractivity contribution in [1.29, 1.82) is 0 Å². The number of aryl methyl sites for hydroxylation is 1. The van der Waals surface area contributed by atoms with Gasteiger partial charge in [0.25, 0.3) is 0 Å². The molecule has 6 heteroatoms. The van der Waals surface area contributed by atoms with Gasteiger partial charge in [-0.25, -0.2) is 14.8 Å². The molecule has 0 fully saturated rings. The number of esters is 1. The van der Waals surface area contributed by atoms with Crippen LogP contribution in [0.3, 0.4) is 0 Å². The van der Waals surface area contributed by atoms with E-state index in [9.17, 15) is 4.79 Å². The van der Waals surface area contributed by atoms with E-state index in [0.717, 1.165) is 10.4 Å². The minimum atomic E-state index is -0.454. The van der Waals surface area contributed by atoms with E-state index < -0.39 is 5.97 Å². The maximum Gasteiger partial charge on any atom is 0.367 e. The van der Waals surface area contributed by atoms with Crippen LogP contribution < -0.4 is 0 Å². The predicted octanol–water partition coefficient (Wildman–Crippen LogP) is 2.44. The van der Waals surface area contributed by atoms with Crippen LogP contribution >= 0.6 is 22.9 Å². The lowest BCUT2D eigenvalue weighted by molar-refractivity contribution is 0.0600. The van der Waals surface area contributed by atoms with E-state index in [1.165, 1.54) is 18.4 Å². The molecule has 0 aliphatic carbocycles. The van der Waals surface area contributed by atoms with Gasteiger partial charge in [-0.1, -0.05) is 11.6 Å². The smallest absolute Gasteiger partial charge is 0.367 e. The zero-order valence-electron chi connectivity index (χ0n) is 8.07. The van der Waals surface area contributed by atoms with E-state index in [2.05, 4.69) is 14.7 Å². The van der Waals surface area contributed by atoms with Gasteiger partial charge in [0.1, 0.15) is 5.52 Å². The molecule has 2 aromatic heterocycles. The van der Waals surface area contributed by atoms with Crippen molar-refractivity contribution in [3.8, 4) is 0 Å². The van der Waals surface area contributed by atoms with Crippen LogP contribution in [0.5, 0.6) is 0 Å². The Morgan fingerprint density at radius 1 is 1.53 bits per heavy atom. The summed E-state index contributed by atoms with van der Waals surface area (Å²) in [5.41, 5.74) is 1.35. The Labute approximate surface area is 94.9 Å². The Bertz CT molecular complexity index is 538. The van der Waals surface area contributed by atoms with Gasteiger partial charge in [0.2, 0.25) is 5.01 Å². The third-order valence-electron chi connectivity index (χ3n) is 1.82. The van der Waals surface area contributed by atoms with Gasteiger partial charge >= 0.3 is 5.97 Å². The van der Waals surface area contributed by atoms with Crippen molar-refractivity contribution in [2.45, 2.75) is 6.92 Å². The lowest BCUT2D eigenvalue weighted by Gasteiger charge is -1.93. The second-order valence-electron chi connectivity index (χ2n) is 2.91. The highest BCUT2D eigenvalue weighted by Crippen LogP contribution is 2.27. The van der Waals surface area contributed by atoms with E-state index in [0.29, 0.717) is 15.7 Å². The van der Waals surface area contributed by atoms with Crippen molar-refractivity contribution in [3.05, 3.63) is 21.9 Å². The first-order valence-corrected chi connectivity index (χ1v) is 5.33. The maximum atomic E-state index is 11.2. The van der Waals surface area contributed by atoms with E-state index in [-0.39, 0.29) is 0 Å². The summed E-state index contributed by atoms with van der Waals surface area (Å²) in [6.07, 6.45) is 0. The molecular formula is C9H7ClN2O2S. The summed E-state index contributed by atoms with van der Waals surface area (Å²) >= 11 is 7.15. The summed E-state index contributed by atoms with van der Waals surface area (Å²) in [6, 6.07) is 1.84. The number of halogens is 1. The molecule has 0 aliphatic rings. The molecule has 15 heavy (non-hydrogen) atoms.